The molecule has 2 heterocycles. The number of nitrogens with one attached hydrogen (secondary N) is 2. The number of anilines is 1. The van der Waals surface area contributed by atoms with Crippen LogP contribution in [0.3, 0.4) is 0 Å². The van der Waals surface area contributed by atoms with E-state index in [0.29, 0.717) is 5.69 Å². The fourth-order valence-electron chi connectivity index (χ4n) is 3.18. The van der Waals surface area contributed by atoms with E-state index in [0.717, 1.165) is 47.8 Å². The number of aromatic amines is 1. The van der Waals surface area contributed by atoms with Gasteiger partial charge in [0.15, 0.2) is 0 Å². The molecule has 0 atom stereocenters. The second-order valence-electron chi connectivity index (χ2n) is 6.15. The van der Waals surface area contributed by atoms with E-state index in [4.69, 9.17) is 0 Å². The van der Waals surface area contributed by atoms with Crippen LogP contribution < -0.4 is 10.9 Å². The van der Waals surface area contributed by atoms with Crippen LogP contribution in [-0.4, -0.2) is 20.7 Å². The third-order valence-electron chi connectivity index (χ3n) is 4.41. The highest BCUT2D eigenvalue weighted by Gasteiger charge is 2.14. The van der Waals surface area contributed by atoms with Crippen molar-refractivity contribution in [3.05, 3.63) is 58.1 Å². The van der Waals surface area contributed by atoms with Crippen molar-refractivity contribution in [3.63, 3.8) is 0 Å². The van der Waals surface area contributed by atoms with Gasteiger partial charge in [0.2, 0.25) is 5.91 Å². The number of carbonyl (C=O) groups excluding carboxylic acids is 1. The van der Waals surface area contributed by atoms with Crippen LogP contribution in [0.4, 0.5) is 5.69 Å². The van der Waals surface area contributed by atoms with Gasteiger partial charge in [-0.3, -0.25) is 9.59 Å². The van der Waals surface area contributed by atoms with E-state index in [-0.39, 0.29) is 18.0 Å². The lowest BCUT2D eigenvalue weighted by atomic mass is 9.97. The maximum atomic E-state index is 12.3. The Morgan fingerprint density at radius 3 is 3.00 bits per heavy atom. The average molecular weight is 322 g/mol. The maximum absolute atomic E-state index is 12.3. The Hall–Kier alpha value is -2.89. The van der Waals surface area contributed by atoms with Crippen LogP contribution in [0.2, 0.25) is 0 Å². The van der Waals surface area contributed by atoms with Gasteiger partial charge in [-0.05, 0) is 54.8 Å². The van der Waals surface area contributed by atoms with Crippen LogP contribution in [0, 0.1) is 0 Å². The van der Waals surface area contributed by atoms with Gasteiger partial charge in [0.25, 0.3) is 5.56 Å². The van der Waals surface area contributed by atoms with E-state index < -0.39 is 0 Å². The van der Waals surface area contributed by atoms with Gasteiger partial charge < -0.3 is 10.3 Å². The third kappa shape index (κ3) is 2.82. The van der Waals surface area contributed by atoms with Crippen molar-refractivity contribution in [3.8, 4) is 0 Å². The number of nitrogens with zero attached hydrogens (tertiary/aromatic N) is 2. The molecule has 6 heteroatoms. The molecule has 3 aromatic rings. The molecule has 0 unspecified atom stereocenters. The number of rotatable bonds is 3. The Kier molecular flexibility index (Phi) is 3.65. The van der Waals surface area contributed by atoms with Gasteiger partial charge in [-0.25, -0.2) is 4.68 Å². The average Bonchev–Trinajstić information content (AvgIpc) is 3.03. The number of hydrogen-bond donors (Lipinski definition) is 2. The molecule has 0 aliphatic heterocycles. The van der Waals surface area contributed by atoms with Crippen LogP contribution in [0.25, 0.3) is 10.9 Å². The number of amides is 1. The molecule has 1 aliphatic rings. The summed E-state index contributed by atoms with van der Waals surface area (Å²) >= 11 is 0. The summed E-state index contributed by atoms with van der Waals surface area (Å²) in [5, 5.41) is 8.28. The molecule has 1 aliphatic carbocycles. The predicted molar refractivity (Wildman–Crippen MR) is 92.1 cm³/mol. The fourth-order valence-corrected chi connectivity index (χ4v) is 3.18. The normalized spacial score (nSPS) is 13.7. The minimum atomic E-state index is -0.258. The highest BCUT2D eigenvalue weighted by Crippen LogP contribution is 2.18. The Labute approximate surface area is 138 Å². The van der Waals surface area contributed by atoms with E-state index in [1.165, 1.54) is 4.68 Å². The third-order valence-corrected chi connectivity index (χ3v) is 4.41. The van der Waals surface area contributed by atoms with Crippen molar-refractivity contribution < 1.29 is 4.79 Å². The lowest BCUT2D eigenvalue weighted by Crippen LogP contribution is -2.31. The topological polar surface area (TPSA) is 79.8 Å². The largest absolute Gasteiger partial charge is 0.361 e. The van der Waals surface area contributed by atoms with Crippen LogP contribution in [-0.2, 0) is 24.2 Å². The fraction of sp³-hybridized carbons (Fsp3) is 0.278. The van der Waals surface area contributed by atoms with Gasteiger partial charge in [-0.1, -0.05) is 6.07 Å². The number of hydrogen-bond acceptors (Lipinski definition) is 3. The first-order chi connectivity index (χ1) is 11.7. The molecule has 0 spiro atoms. The van der Waals surface area contributed by atoms with Gasteiger partial charge >= 0.3 is 0 Å². The molecule has 6 nitrogen and oxygen atoms in total. The van der Waals surface area contributed by atoms with Crippen LogP contribution in [0.1, 0.15) is 24.1 Å². The Bertz CT molecular complexity index is 971. The van der Waals surface area contributed by atoms with E-state index in [2.05, 4.69) is 15.4 Å². The lowest BCUT2D eigenvalue weighted by Gasteiger charge is -2.15. The number of benzene rings is 1. The summed E-state index contributed by atoms with van der Waals surface area (Å²) in [7, 11) is 0. The molecule has 122 valence electrons. The van der Waals surface area contributed by atoms with Crippen molar-refractivity contribution in [2.24, 2.45) is 0 Å². The second-order valence-corrected chi connectivity index (χ2v) is 6.15. The van der Waals surface area contributed by atoms with Gasteiger partial charge in [-0.2, -0.15) is 5.10 Å². The SMILES string of the molecule is O=C(Cn1nc2c(cc1=O)CCCC2)Nc1ccc2cc[nH]c2c1. The van der Waals surface area contributed by atoms with E-state index in [1.807, 2.05) is 30.5 Å². The highest BCUT2D eigenvalue weighted by atomic mass is 16.2. The molecule has 0 saturated carbocycles. The summed E-state index contributed by atoms with van der Waals surface area (Å²) < 4.78 is 1.26. The first kappa shape index (κ1) is 14.7. The van der Waals surface area contributed by atoms with E-state index in [1.54, 1.807) is 6.07 Å². The van der Waals surface area contributed by atoms with Gasteiger partial charge in [0, 0.05) is 23.5 Å². The van der Waals surface area contributed by atoms with Crippen LogP contribution in [0.15, 0.2) is 41.3 Å². The Morgan fingerprint density at radius 1 is 1.21 bits per heavy atom. The number of carbonyl (C=O) groups is 1. The summed E-state index contributed by atoms with van der Waals surface area (Å²) in [6.45, 7) is -0.0745. The zero-order valence-electron chi connectivity index (χ0n) is 13.2. The molecule has 2 aromatic heterocycles. The van der Waals surface area contributed by atoms with Gasteiger partial charge in [0.1, 0.15) is 6.54 Å². The molecule has 4 rings (SSSR count). The molecule has 0 bridgehead atoms. The Balaban J connectivity index is 1.52. The molecule has 0 fully saturated rings. The van der Waals surface area contributed by atoms with E-state index in [9.17, 15) is 9.59 Å². The quantitative estimate of drug-likeness (QED) is 0.776. The molecule has 24 heavy (non-hydrogen) atoms. The number of aryl methyl sites for hydroxylation is 2. The first-order valence-corrected chi connectivity index (χ1v) is 8.16. The van der Waals surface area contributed by atoms with Gasteiger partial charge in [-0.15, -0.1) is 0 Å². The van der Waals surface area contributed by atoms with Gasteiger partial charge in [0.05, 0.1) is 5.69 Å². The molecule has 1 amide bonds. The van der Waals surface area contributed by atoms with Crippen molar-refractivity contribution in [1.82, 2.24) is 14.8 Å². The number of aromatic nitrogens is 3. The molecule has 2 N–H and O–H groups in total. The Morgan fingerprint density at radius 2 is 2.08 bits per heavy atom. The summed E-state index contributed by atoms with van der Waals surface area (Å²) in [5.41, 5.74) is 3.41. The minimum Gasteiger partial charge on any atom is -0.361 e. The summed E-state index contributed by atoms with van der Waals surface area (Å²) in [6.07, 6.45) is 5.81. The van der Waals surface area contributed by atoms with Crippen molar-refractivity contribution in [1.29, 1.82) is 0 Å². The first-order valence-electron chi connectivity index (χ1n) is 8.16. The molecule has 0 saturated heterocycles. The van der Waals surface area contributed by atoms with E-state index >= 15 is 0 Å². The summed E-state index contributed by atoms with van der Waals surface area (Å²) in [6, 6.07) is 9.25. The molecule has 0 radical (unpaired) electrons. The monoisotopic (exact) mass is 322 g/mol. The standard InChI is InChI=1S/C18H18N4O2/c23-17(20-14-6-5-12-7-8-19-16(12)10-14)11-22-18(24)9-13-3-1-2-4-15(13)21-22/h5-10,19H,1-4,11H2,(H,20,23). The van der Waals surface area contributed by atoms with Crippen molar-refractivity contribution in [2.75, 3.05) is 5.32 Å². The molecular weight excluding hydrogens is 304 g/mol. The summed E-state index contributed by atoms with van der Waals surface area (Å²) in [4.78, 5) is 27.5. The highest BCUT2D eigenvalue weighted by molar-refractivity contribution is 5.93. The predicted octanol–water partition coefficient (Wildman–Crippen LogP) is 2.24. The zero-order chi connectivity index (χ0) is 16.5. The maximum Gasteiger partial charge on any atom is 0.267 e. The number of H-pyrrole nitrogens is 1. The molecule has 1 aromatic carbocycles. The molecular formula is C18H18N4O2. The summed E-state index contributed by atoms with van der Waals surface area (Å²) in [5.74, 6) is -0.258. The smallest absolute Gasteiger partial charge is 0.267 e. The van der Waals surface area contributed by atoms with Crippen LogP contribution >= 0.6 is 0 Å². The second kappa shape index (κ2) is 5.96. The minimum absolute atomic E-state index is 0.0745. The lowest BCUT2D eigenvalue weighted by molar-refractivity contribution is -0.117. The van der Waals surface area contributed by atoms with Crippen molar-refractivity contribution >= 4 is 22.5 Å². The van der Waals surface area contributed by atoms with Crippen molar-refractivity contribution in [2.45, 2.75) is 32.2 Å². The number of fused-ring (bicyclic) bond motifs is 2. The van der Waals surface area contributed by atoms with Crippen LogP contribution in [0.5, 0.6) is 0 Å². The zero-order valence-corrected chi connectivity index (χ0v) is 13.2.